The van der Waals surface area contributed by atoms with Gasteiger partial charge in [-0.2, -0.15) is 0 Å². The van der Waals surface area contributed by atoms with Crippen LogP contribution < -0.4 is 33.7 Å². The van der Waals surface area contributed by atoms with E-state index in [0.29, 0.717) is 47.3 Å². The van der Waals surface area contributed by atoms with Gasteiger partial charge >= 0.3 is 0 Å². The first-order chi connectivity index (χ1) is 17.7. The number of nitrogens with one attached hydrogen (secondary N) is 1. The van der Waals surface area contributed by atoms with Crippen LogP contribution in [-0.4, -0.2) is 79.3 Å². The lowest BCUT2D eigenvalue weighted by Crippen LogP contribution is -3.05. The third-order valence-electron chi connectivity index (χ3n) is 6.25. The number of amides is 1. The van der Waals surface area contributed by atoms with Crippen molar-refractivity contribution in [3.05, 3.63) is 47.0 Å². The number of Topliss-reactive ketones (excluding diaryl/α,β-unsaturated/α-hetero) is 1. The number of ether oxygens (including phenoxy) is 5. The van der Waals surface area contributed by atoms with Crippen molar-refractivity contribution < 1.29 is 43.3 Å². The minimum atomic E-state index is -0.938. The Balaban J connectivity index is 2.24. The number of quaternary nitrogens is 1. The molecule has 1 saturated heterocycles. The van der Waals surface area contributed by atoms with Gasteiger partial charge in [-0.1, -0.05) is 11.8 Å². The smallest absolute Gasteiger partial charge is 0.295 e. The average Bonchev–Trinajstić information content (AvgIpc) is 3.16. The second kappa shape index (κ2) is 11.9. The highest BCUT2D eigenvalue weighted by Gasteiger charge is 2.44. The van der Waals surface area contributed by atoms with Crippen LogP contribution in [0.25, 0.3) is 5.76 Å². The Morgan fingerprint density at radius 2 is 1.46 bits per heavy atom. The van der Waals surface area contributed by atoms with Gasteiger partial charge in [-0.25, -0.2) is 0 Å². The summed E-state index contributed by atoms with van der Waals surface area (Å²) in [5, 5.41) is 13.8. The molecule has 0 spiro atoms. The molecule has 10 heteroatoms. The Labute approximate surface area is 216 Å². The Kier molecular flexibility index (Phi) is 8.88. The molecule has 1 aliphatic heterocycles. The summed E-state index contributed by atoms with van der Waals surface area (Å²) >= 11 is 0. The van der Waals surface area contributed by atoms with Crippen LogP contribution in [0, 0.1) is 0 Å². The molecule has 3 rings (SSSR count). The molecule has 1 amide bonds. The first-order valence-corrected chi connectivity index (χ1v) is 11.8. The van der Waals surface area contributed by atoms with E-state index in [1.807, 2.05) is 14.1 Å². The number of benzene rings is 2. The third kappa shape index (κ3) is 5.43. The number of likely N-dealkylation sites (tertiary alicyclic amines) is 1. The zero-order valence-electron chi connectivity index (χ0n) is 22.3. The minimum Gasteiger partial charge on any atom is -0.872 e. The van der Waals surface area contributed by atoms with E-state index < -0.39 is 23.5 Å². The fraction of sp³-hybridized carbons (Fsp3) is 0.407. The molecule has 1 aliphatic rings. The van der Waals surface area contributed by atoms with E-state index in [1.54, 1.807) is 24.3 Å². The van der Waals surface area contributed by atoms with Gasteiger partial charge in [0, 0.05) is 18.5 Å². The number of ketones is 1. The predicted octanol–water partition coefficient (Wildman–Crippen LogP) is 0.488. The second-order valence-electron chi connectivity index (χ2n) is 8.81. The molecule has 37 heavy (non-hydrogen) atoms. The summed E-state index contributed by atoms with van der Waals surface area (Å²) in [6, 6.07) is 6.99. The van der Waals surface area contributed by atoms with Crippen molar-refractivity contribution >= 4 is 17.4 Å². The molecule has 1 fully saturated rings. The molecular weight excluding hydrogens is 480 g/mol. The fourth-order valence-electron chi connectivity index (χ4n) is 4.44. The van der Waals surface area contributed by atoms with Crippen molar-refractivity contribution in [1.29, 1.82) is 0 Å². The quantitative estimate of drug-likeness (QED) is 0.262. The first kappa shape index (κ1) is 27.7. The van der Waals surface area contributed by atoms with E-state index in [1.165, 1.54) is 51.4 Å². The molecule has 1 unspecified atom stereocenters. The van der Waals surface area contributed by atoms with Crippen LogP contribution in [0.5, 0.6) is 28.7 Å². The van der Waals surface area contributed by atoms with Gasteiger partial charge in [-0.3, -0.25) is 9.59 Å². The number of hydrogen-bond acceptors (Lipinski definition) is 8. The lowest BCUT2D eigenvalue weighted by Gasteiger charge is -2.28. The van der Waals surface area contributed by atoms with E-state index in [2.05, 4.69) is 0 Å². The number of carbonyl (C=O) groups is 2. The number of hydrogen-bond donors (Lipinski definition) is 1. The molecule has 2 aromatic carbocycles. The summed E-state index contributed by atoms with van der Waals surface area (Å²) in [4.78, 5) is 29.2. The molecule has 0 saturated carbocycles. The zero-order valence-corrected chi connectivity index (χ0v) is 22.3. The Morgan fingerprint density at radius 1 is 0.865 bits per heavy atom. The maximum absolute atomic E-state index is 13.8. The second-order valence-corrected chi connectivity index (χ2v) is 8.81. The number of rotatable bonds is 11. The van der Waals surface area contributed by atoms with Gasteiger partial charge in [-0.05, 0) is 35.4 Å². The maximum Gasteiger partial charge on any atom is 0.295 e. The molecule has 0 radical (unpaired) electrons. The molecule has 10 nitrogen and oxygen atoms in total. The van der Waals surface area contributed by atoms with Crippen LogP contribution in [0.15, 0.2) is 35.9 Å². The van der Waals surface area contributed by atoms with Gasteiger partial charge < -0.3 is 38.6 Å². The Hall–Kier alpha value is -3.92. The van der Waals surface area contributed by atoms with E-state index in [-0.39, 0.29) is 11.1 Å². The van der Waals surface area contributed by atoms with Gasteiger partial charge in [0.15, 0.2) is 23.0 Å². The Bertz CT molecular complexity index is 1170. The molecule has 1 heterocycles. The highest BCUT2D eigenvalue weighted by molar-refractivity contribution is 6.46. The minimum absolute atomic E-state index is 0.149. The molecular formula is C27H34N2O8. The predicted molar refractivity (Wildman–Crippen MR) is 134 cm³/mol. The summed E-state index contributed by atoms with van der Waals surface area (Å²) < 4.78 is 27.0. The number of methoxy groups -OCH3 is 5. The molecule has 1 atom stereocenters. The standard InChI is InChI=1S/C27H34N2O8/c1-28(2)11-8-12-29-23(17-14-20(35-5)26(37-7)21(15-17)36-6)22(25(31)27(29)32)24(30)16-9-10-18(33-3)19(13-16)34-4/h9-10,13-15,23,30H,8,11-12H2,1-7H3. The van der Waals surface area contributed by atoms with Crippen LogP contribution in [0.4, 0.5) is 0 Å². The van der Waals surface area contributed by atoms with Crippen LogP contribution >= 0.6 is 0 Å². The van der Waals surface area contributed by atoms with E-state index in [0.717, 1.165) is 6.54 Å². The lowest BCUT2D eigenvalue weighted by molar-refractivity contribution is -0.858. The fourth-order valence-corrected chi connectivity index (χ4v) is 4.44. The van der Waals surface area contributed by atoms with Gasteiger partial charge in [0.2, 0.25) is 11.5 Å². The third-order valence-corrected chi connectivity index (χ3v) is 6.25. The topological polar surface area (TPSA) is 111 Å². The molecule has 0 aliphatic carbocycles. The number of nitrogens with zero attached hydrogens (tertiary/aromatic N) is 1. The van der Waals surface area contributed by atoms with Gasteiger partial charge in [0.25, 0.3) is 5.91 Å². The summed E-state index contributed by atoms with van der Waals surface area (Å²) in [7, 11) is 11.4. The van der Waals surface area contributed by atoms with Gasteiger partial charge in [0.1, 0.15) is 0 Å². The van der Waals surface area contributed by atoms with Crippen molar-refractivity contribution in [2.45, 2.75) is 12.5 Å². The summed E-state index contributed by atoms with van der Waals surface area (Å²) in [6.07, 6.45) is 0.639. The van der Waals surface area contributed by atoms with Crippen molar-refractivity contribution in [3.63, 3.8) is 0 Å². The van der Waals surface area contributed by atoms with Gasteiger partial charge in [0.05, 0.1) is 62.2 Å². The van der Waals surface area contributed by atoms with Crippen LogP contribution in [0.1, 0.15) is 23.6 Å². The summed E-state index contributed by atoms with van der Waals surface area (Å²) in [6.45, 7) is 1.07. The highest BCUT2D eigenvalue weighted by Crippen LogP contribution is 2.45. The van der Waals surface area contributed by atoms with E-state index >= 15 is 0 Å². The normalized spacial score (nSPS) is 16.8. The van der Waals surface area contributed by atoms with Crippen molar-refractivity contribution in [2.24, 2.45) is 0 Å². The van der Waals surface area contributed by atoms with Crippen molar-refractivity contribution in [3.8, 4) is 28.7 Å². The van der Waals surface area contributed by atoms with Crippen LogP contribution in [0.2, 0.25) is 0 Å². The van der Waals surface area contributed by atoms with Crippen LogP contribution in [-0.2, 0) is 9.59 Å². The summed E-state index contributed by atoms with van der Waals surface area (Å²) in [5.41, 5.74) is 0.546. The largest absolute Gasteiger partial charge is 0.872 e. The number of carbonyl (C=O) groups excluding carboxylic acids is 2. The SMILES string of the molecule is COc1ccc(C([O-])=C2C(=O)C(=O)N(CCC[NH+](C)C)C2c2cc(OC)c(OC)c(OC)c2)cc1OC. The van der Waals surface area contributed by atoms with Crippen molar-refractivity contribution in [1.82, 2.24) is 4.90 Å². The zero-order chi connectivity index (χ0) is 27.3. The van der Waals surface area contributed by atoms with E-state index in [4.69, 9.17) is 23.7 Å². The Morgan fingerprint density at radius 3 is 1.97 bits per heavy atom. The molecule has 2 aromatic rings. The summed E-state index contributed by atoms with van der Waals surface area (Å²) in [5.74, 6) is -0.308. The monoisotopic (exact) mass is 514 g/mol. The lowest BCUT2D eigenvalue weighted by atomic mass is 9.94. The van der Waals surface area contributed by atoms with Crippen molar-refractivity contribution in [2.75, 3.05) is 62.7 Å². The maximum atomic E-state index is 13.8. The van der Waals surface area contributed by atoms with Crippen LogP contribution in [0.3, 0.4) is 0 Å². The molecule has 0 bridgehead atoms. The van der Waals surface area contributed by atoms with E-state index in [9.17, 15) is 14.7 Å². The molecule has 1 N–H and O–H groups in total. The molecule has 200 valence electrons. The molecule has 0 aromatic heterocycles. The highest BCUT2D eigenvalue weighted by atomic mass is 16.5. The van der Waals surface area contributed by atoms with Gasteiger partial charge in [-0.15, -0.1) is 0 Å². The average molecular weight is 515 g/mol. The first-order valence-electron chi connectivity index (χ1n) is 11.8.